The van der Waals surface area contributed by atoms with Crippen LogP contribution in [-0.4, -0.2) is 80.1 Å². The number of nitrogens with one attached hydrogen (secondary N) is 1. The van der Waals surface area contributed by atoms with Crippen molar-refractivity contribution in [1.29, 1.82) is 0 Å². The molecule has 0 spiro atoms. The number of alkyl halides is 1. The minimum atomic E-state index is -0.961. The largest absolute Gasteiger partial charge is 0.381 e. The van der Waals surface area contributed by atoms with E-state index < -0.39 is 11.7 Å². The highest BCUT2D eigenvalue weighted by Gasteiger charge is 2.48. The van der Waals surface area contributed by atoms with Crippen LogP contribution in [0.4, 0.5) is 15.9 Å². The third kappa shape index (κ3) is 4.57. The summed E-state index contributed by atoms with van der Waals surface area (Å²) in [6.45, 7) is 7.22. The lowest BCUT2D eigenvalue weighted by molar-refractivity contribution is -0.117. The second-order valence-corrected chi connectivity index (χ2v) is 11.4. The Balaban J connectivity index is 1.13. The molecule has 0 bridgehead atoms. The number of anilines is 2. The van der Waals surface area contributed by atoms with E-state index in [1.165, 1.54) is 0 Å². The number of pyridine rings is 1. The van der Waals surface area contributed by atoms with Crippen LogP contribution in [0.1, 0.15) is 26.2 Å². The molecule has 36 heavy (non-hydrogen) atoms. The third-order valence-corrected chi connectivity index (χ3v) is 9.07. The molecule has 1 N–H and O–H groups in total. The minimum Gasteiger partial charge on any atom is -0.381 e. The van der Waals surface area contributed by atoms with E-state index in [9.17, 15) is 9.18 Å². The average molecular weight is 517 g/mol. The van der Waals surface area contributed by atoms with Crippen molar-refractivity contribution in [2.45, 2.75) is 37.9 Å². The lowest BCUT2D eigenvalue weighted by Crippen LogP contribution is -2.59. The van der Waals surface area contributed by atoms with E-state index in [1.54, 1.807) is 6.20 Å². The van der Waals surface area contributed by atoms with Gasteiger partial charge in [0.15, 0.2) is 0 Å². The van der Waals surface area contributed by atoms with Crippen LogP contribution < -0.4 is 10.2 Å². The Labute approximate surface area is 216 Å². The molecule has 1 saturated carbocycles. The summed E-state index contributed by atoms with van der Waals surface area (Å²) >= 11 is 6.67. The summed E-state index contributed by atoms with van der Waals surface area (Å²) in [5, 5.41) is 5.63. The summed E-state index contributed by atoms with van der Waals surface area (Å²) in [4.78, 5) is 21.8. The first kappa shape index (κ1) is 24.3. The zero-order valence-electron chi connectivity index (χ0n) is 20.7. The molecule has 1 unspecified atom stereocenters. The van der Waals surface area contributed by atoms with Gasteiger partial charge >= 0.3 is 0 Å². The molecule has 4 aliphatic rings. The van der Waals surface area contributed by atoms with E-state index in [-0.39, 0.29) is 18.4 Å². The summed E-state index contributed by atoms with van der Waals surface area (Å²) in [5.74, 6) is 1.80. The van der Waals surface area contributed by atoms with E-state index in [1.807, 2.05) is 19.1 Å². The predicted molar refractivity (Wildman–Crippen MR) is 138 cm³/mol. The molecular weight excluding hydrogens is 483 g/mol. The predicted octanol–water partition coefficient (Wildman–Crippen LogP) is 4.14. The second kappa shape index (κ2) is 9.71. The third-order valence-electron chi connectivity index (χ3n) is 8.76. The van der Waals surface area contributed by atoms with E-state index in [0.29, 0.717) is 29.3 Å². The van der Waals surface area contributed by atoms with Crippen molar-refractivity contribution in [1.82, 2.24) is 9.88 Å². The van der Waals surface area contributed by atoms with Crippen molar-refractivity contribution < 1.29 is 18.7 Å². The molecule has 1 aromatic carbocycles. The van der Waals surface area contributed by atoms with Crippen LogP contribution in [-0.2, 0) is 14.3 Å². The number of benzene rings is 1. The molecule has 1 aliphatic carbocycles. The van der Waals surface area contributed by atoms with Gasteiger partial charge in [-0.1, -0.05) is 11.6 Å². The van der Waals surface area contributed by atoms with Crippen LogP contribution in [0, 0.1) is 17.8 Å². The summed E-state index contributed by atoms with van der Waals surface area (Å²) < 4.78 is 25.3. The number of amides is 1. The quantitative estimate of drug-likeness (QED) is 0.644. The molecule has 1 amide bonds. The zero-order chi connectivity index (χ0) is 24.9. The van der Waals surface area contributed by atoms with Gasteiger partial charge in [0, 0.05) is 56.9 Å². The Morgan fingerprint density at radius 1 is 1.14 bits per heavy atom. The van der Waals surface area contributed by atoms with Gasteiger partial charge in [-0.25, -0.2) is 9.37 Å². The van der Waals surface area contributed by atoms with Crippen molar-refractivity contribution in [2.75, 3.05) is 62.8 Å². The van der Waals surface area contributed by atoms with E-state index in [4.69, 9.17) is 21.1 Å². The number of nitrogens with zero attached hydrogens (tertiary/aromatic N) is 3. The fourth-order valence-electron chi connectivity index (χ4n) is 6.25. The molecular formula is C27H34ClFN4O3. The average Bonchev–Trinajstić information content (AvgIpc) is 3.63. The number of fused-ring (bicyclic) bond motifs is 1. The fourth-order valence-corrected chi connectivity index (χ4v) is 6.54. The number of hydrogen-bond acceptors (Lipinski definition) is 6. The Kier molecular flexibility index (Phi) is 6.56. The lowest BCUT2D eigenvalue weighted by Gasteiger charge is -2.44. The Morgan fingerprint density at radius 2 is 1.92 bits per heavy atom. The molecule has 4 atom stereocenters. The van der Waals surface area contributed by atoms with Crippen LogP contribution in [0.25, 0.3) is 10.8 Å². The van der Waals surface area contributed by atoms with Crippen molar-refractivity contribution in [3.8, 4) is 0 Å². The van der Waals surface area contributed by atoms with E-state index in [0.717, 1.165) is 75.1 Å². The van der Waals surface area contributed by atoms with Gasteiger partial charge in [0.05, 0.1) is 29.5 Å². The number of ether oxygens (including phenoxy) is 2. The van der Waals surface area contributed by atoms with Crippen molar-refractivity contribution in [3.63, 3.8) is 0 Å². The molecule has 0 radical (unpaired) electrons. The summed E-state index contributed by atoms with van der Waals surface area (Å²) in [5.41, 5.74) is 0.405. The topological polar surface area (TPSA) is 66.9 Å². The minimum absolute atomic E-state index is 0.0687. The molecule has 2 aromatic rings. The highest BCUT2D eigenvalue weighted by Crippen LogP contribution is 2.48. The maximum atomic E-state index is 14.5. The fraction of sp³-hybridized carbons (Fsp3) is 0.630. The first-order chi connectivity index (χ1) is 17.4. The lowest BCUT2D eigenvalue weighted by atomic mass is 9.93. The standard InChI is InChI=1S/C27H34ClFN4O3/c1-27(16-36-15-24(27)29)33-6-4-32(5-7-33)23-11-18-12-25(30-14-19(18)10-22(23)28)31-26(34)21-13-20(21)17-2-8-35-9-3-17/h10-12,14,17,20-21,24H,2-9,13,15-16H2,1H3,(H,30,31,34)/t20?,21-,24-,27+/m1/s1. The molecule has 7 nitrogen and oxygen atoms in total. The van der Waals surface area contributed by atoms with Gasteiger partial charge in [-0.2, -0.15) is 0 Å². The van der Waals surface area contributed by atoms with Gasteiger partial charge in [-0.05, 0) is 61.6 Å². The Bertz CT molecular complexity index is 1140. The van der Waals surface area contributed by atoms with Gasteiger partial charge in [-0.15, -0.1) is 0 Å². The molecule has 1 aromatic heterocycles. The number of piperazine rings is 1. The molecule has 4 heterocycles. The normalized spacial score (nSPS) is 31.6. The Hall–Kier alpha value is -2.00. The van der Waals surface area contributed by atoms with Gasteiger partial charge in [0.1, 0.15) is 12.0 Å². The van der Waals surface area contributed by atoms with E-state index >= 15 is 0 Å². The molecule has 6 rings (SSSR count). The van der Waals surface area contributed by atoms with Gasteiger partial charge in [0.2, 0.25) is 5.91 Å². The van der Waals surface area contributed by atoms with Crippen LogP contribution >= 0.6 is 11.6 Å². The highest BCUT2D eigenvalue weighted by molar-refractivity contribution is 6.34. The first-order valence-electron chi connectivity index (χ1n) is 13.1. The van der Waals surface area contributed by atoms with Crippen molar-refractivity contribution in [2.24, 2.45) is 17.8 Å². The SMILES string of the molecule is C[C@]1(N2CCN(c3cc4cc(NC(=O)[C@@H]5CC5C5CCOCC5)ncc4cc3Cl)CC2)COC[C@H]1F. The van der Waals surface area contributed by atoms with Crippen molar-refractivity contribution in [3.05, 3.63) is 29.4 Å². The number of halogens is 2. The van der Waals surface area contributed by atoms with Gasteiger partial charge in [0.25, 0.3) is 0 Å². The number of carbonyl (C=O) groups excluding carboxylic acids is 1. The van der Waals surface area contributed by atoms with Crippen molar-refractivity contribution >= 4 is 39.8 Å². The van der Waals surface area contributed by atoms with Gasteiger partial charge in [-0.3, -0.25) is 9.69 Å². The molecule has 194 valence electrons. The van der Waals surface area contributed by atoms with E-state index in [2.05, 4.69) is 26.2 Å². The van der Waals surface area contributed by atoms with Crippen LogP contribution in [0.15, 0.2) is 24.4 Å². The van der Waals surface area contributed by atoms with Gasteiger partial charge < -0.3 is 19.7 Å². The molecule has 4 fully saturated rings. The maximum Gasteiger partial charge on any atom is 0.228 e. The summed E-state index contributed by atoms with van der Waals surface area (Å²) in [6.07, 6.45) is 3.88. The highest BCUT2D eigenvalue weighted by atomic mass is 35.5. The summed E-state index contributed by atoms with van der Waals surface area (Å²) in [7, 11) is 0. The zero-order valence-corrected chi connectivity index (χ0v) is 21.5. The maximum absolute atomic E-state index is 14.5. The number of carbonyl (C=O) groups is 1. The molecule has 3 aliphatic heterocycles. The smallest absolute Gasteiger partial charge is 0.228 e. The molecule has 3 saturated heterocycles. The van der Waals surface area contributed by atoms with Crippen LogP contribution in [0.3, 0.4) is 0 Å². The first-order valence-corrected chi connectivity index (χ1v) is 13.5. The number of aromatic nitrogens is 1. The van der Waals surface area contributed by atoms with Crippen LogP contribution in [0.5, 0.6) is 0 Å². The summed E-state index contributed by atoms with van der Waals surface area (Å²) in [6, 6.07) is 5.94. The Morgan fingerprint density at radius 3 is 2.64 bits per heavy atom. The van der Waals surface area contributed by atoms with Crippen LogP contribution in [0.2, 0.25) is 5.02 Å². The second-order valence-electron chi connectivity index (χ2n) is 11.0. The number of hydrogen-bond donors (Lipinski definition) is 1. The number of rotatable bonds is 5. The molecule has 9 heteroatoms. The monoisotopic (exact) mass is 516 g/mol.